The van der Waals surface area contributed by atoms with E-state index in [2.05, 4.69) is 12.1 Å². The maximum atomic E-state index is 8.30. The van der Waals surface area contributed by atoms with Crippen LogP contribution in [0.15, 0.2) is 12.1 Å². The van der Waals surface area contributed by atoms with Crippen LogP contribution in [0, 0.1) is 23.5 Å². The first kappa shape index (κ1) is 15.6. The van der Waals surface area contributed by atoms with E-state index in [1.54, 1.807) is 0 Å². The van der Waals surface area contributed by atoms with Crippen molar-refractivity contribution < 1.29 is 116 Å². The van der Waals surface area contributed by atoms with Gasteiger partial charge in [0.2, 0.25) is 0 Å². The van der Waals surface area contributed by atoms with Crippen LogP contribution in [0.25, 0.3) is 0 Å². The summed E-state index contributed by atoms with van der Waals surface area (Å²) in [6.45, 7) is 0. The molecule has 0 aliphatic carbocycles. The number of anilines is 1. The van der Waals surface area contributed by atoms with E-state index >= 15 is 0 Å². The van der Waals surface area contributed by atoms with E-state index in [9.17, 15) is 0 Å². The van der Waals surface area contributed by atoms with E-state index in [4.69, 9.17) is 11.0 Å². The standard InChI is InChI=1S/C7H4N2.2Rb/c8-5-6-1-3-7(9)4-2-6;;/h1-2H,9H2;;/q-2;2*+1. The maximum Gasteiger partial charge on any atom is 1.00 e. The molecule has 1 aromatic carbocycles. The monoisotopic (exact) mass is 286 g/mol. The summed E-state index contributed by atoms with van der Waals surface area (Å²) in [5.74, 6) is 0. The molecular formula is C7H4N2Rb2. The summed E-state index contributed by atoms with van der Waals surface area (Å²) in [5, 5.41) is 8.30. The molecule has 0 unspecified atom stereocenters. The van der Waals surface area contributed by atoms with Gasteiger partial charge in [-0.1, -0.05) is 0 Å². The van der Waals surface area contributed by atoms with Crippen LogP contribution < -0.4 is 122 Å². The average molecular weight is 287 g/mol. The van der Waals surface area contributed by atoms with Crippen LogP contribution in [0.1, 0.15) is 5.56 Å². The molecule has 0 bridgehead atoms. The molecule has 0 aromatic heterocycles. The molecule has 11 heavy (non-hydrogen) atoms. The van der Waals surface area contributed by atoms with Crippen molar-refractivity contribution in [1.29, 1.82) is 5.26 Å². The zero-order valence-electron chi connectivity index (χ0n) is 6.68. The summed E-state index contributed by atoms with van der Waals surface area (Å²) < 4.78 is 0. The van der Waals surface area contributed by atoms with Gasteiger partial charge in [-0.25, -0.2) is 10.9 Å². The van der Waals surface area contributed by atoms with Gasteiger partial charge in [-0.3, -0.25) is 12.1 Å². The van der Waals surface area contributed by atoms with E-state index in [1.807, 2.05) is 6.07 Å². The summed E-state index contributed by atoms with van der Waals surface area (Å²) in [4.78, 5) is 0. The summed E-state index contributed by atoms with van der Waals surface area (Å²) in [6, 6.07) is 10.3. The molecule has 0 saturated carbocycles. The fourth-order valence-electron chi connectivity index (χ4n) is 0.459. The van der Waals surface area contributed by atoms with Crippen molar-refractivity contribution >= 4 is 5.69 Å². The molecule has 0 amide bonds. The zero-order chi connectivity index (χ0) is 6.69. The van der Waals surface area contributed by atoms with Gasteiger partial charge in [-0.2, -0.15) is 5.56 Å². The molecule has 0 spiro atoms. The van der Waals surface area contributed by atoms with E-state index in [0.29, 0.717) is 11.3 Å². The Balaban J connectivity index is 0. The summed E-state index contributed by atoms with van der Waals surface area (Å²) in [6.07, 6.45) is 0. The Labute approximate surface area is 164 Å². The molecule has 2 nitrogen and oxygen atoms in total. The van der Waals surface area contributed by atoms with Gasteiger partial charge in [0.1, 0.15) is 0 Å². The van der Waals surface area contributed by atoms with Crippen LogP contribution in [0.2, 0.25) is 0 Å². The number of nitriles is 1. The molecule has 44 valence electrons. The minimum Gasteiger partial charge on any atom is -0.443 e. The van der Waals surface area contributed by atoms with Gasteiger partial charge in [-0.15, -0.1) is 0 Å². The number of nitrogens with zero attached hydrogens (tertiary/aromatic N) is 1. The second kappa shape index (κ2) is 8.71. The second-order valence-electron chi connectivity index (χ2n) is 1.56. The van der Waals surface area contributed by atoms with Crippen molar-refractivity contribution in [3.63, 3.8) is 0 Å². The normalized spacial score (nSPS) is 6.82. The quantitative estimate of drug-likeness (QED) is 0.383. The fraction of sp³-hybridized carbons (Fsp3) is 0. The van der Waals surface area contributed by atoms with Crippen molar-refractivity contribution in [1.82, 2.24) is 0 Å². The minimum absolute atomic E-state index is 0. The van der Waals surface area contributed by atoms with Gasteiger partial charge in [0.05, 0.1) is 0 Å². The first-order valence-electron chi connectivity index (χ1n) is 2.42. The van der Waals surface area contributed by atoms with Gasteiger partial charge in [0.25, 0.3) is 0 Å². The predicted molar refractivity (Wildman–Crippen MR) is 33.2 cm³/mol. The SMILES string of the molecule is N#Cc1c[c-]c(N)[c-]c1.[Rb+].[Rb+]. The summed E-state index contributed by atoms with van der Waals surface area (Å²) >= 11 is 0. The fourth-order valence-corrected chi connectivity index (χ4v) is 0.459. The Morgan fingerprint density at radius 1 is 1.27 bits per heavy atom. The molecule has 0 aliphatic rings. The summed E-state index contributed by atoms with van der Waals surface area (Å²) in [5.41, 5.74) is 6.23. The van der Waals surface area contributed by atoms with Gasteiger partial charge in [0, 0.05) is 0 Å². The minimum atomic E-state index is 0. The van der Waals surface area contributed by atoms with Crippen LogP contribution in [-0.4, -0.2) is 0 Å². The molecule has 0 saturated heterocycles. The van der Waals surface area contributed by atoms with Crippen molar-refractivity contribution in [2.24, 2.45) is 0 Å². The van der Waals surface area contributed by atoms with Crippen molar-refractivity contribution in [3.8, 4) is 6.07 Å². The van der Waals surface area contributed by atoms with Gasteiger partial charge >= 0.3 is 116 Å². The van der Waals surface area contributed by atoms with Crippen LogP contribution >= 0.6 is 0 Å². The molecule has 0 heterocycles. The van der Waals surface area contributed by atoms with E-state index in [-0.39, 0.29) is 116 Å². The molecule has 4 heteroatoms. The van der Waals surface area contributed by atoms with Crippen molar-refractivity contribution in [3.05, 3.63) is 29.8 Å². The Morgan fingerprint density at radius 2 is 1.73 bits per heavy atom. The molecular weight excluding hydrogens is 283 g/mol. The largest absolute Gasteiger partial charge is 1.00 e. The number of nitrogens with two attached hydrogens (primary N) is 1. The molecule has 1 aromatic rings. The molecule has 0 fully saturated rings. The first-order chi connectivity index (χ1) is 4.33. The van der Waals surface area contributed by atoms with Gasteiger partial charge in [-0.05, 0) is 6.07 Å². The predicted octanol–water partition coefficient (Wildman–Crippen LogP) is -5.25. The number of benzene rings is 1. The van der Waals surface area contributed by atoms with E-state index in [0.717, 1.165) is 0 Å². The average Bonchev–Trinajstić information content (AvgIpc) is 1.90. The maximum absolute atomic E-state index is 8.30. The third kappa shape index (κ3) is 6.23. The van der Waals surface area contributed by atoms with Crippen molar-refractivity contribution in [2.45, 2.75) is 0 Å². The Bertz CT molecular complexity index is 238. The van der Waals surface area contributed by atoms with Crippen LogP contribution in [-0.2, 0) is 0 Å². The van der Waals surface area contributed by atoms with Gasteiger partial charge in [0.15, 0.2) is 0 Å². The smallest absolute Gasteiger partial charge is 0.443 e. The van der Waals surface area contributed by atoms with E-state index < -0.39 is 0 Å². The third-order valence-electron chi connectivity index (χ3n) is 0.895. The topological polar surface area (TPSA) is 49.8 Å². The van der Waals surface area contributed by atoms with Gasteiger partial charge < -0.3 is 17.9 Å². The van der Waals surface area contributed by atoms with Crippen LogP contribution in [0.3, 0.4) is 0 Å². The summed E-state index contributed by atoms with van der Waals surface area (Å²) in [7, 11) is 0. The second-order valence-corrected chi connectivity index (χ2v) is 1.56. The first-order valence-corrected chi connectivity index (χ1v) is 2.42. The number of hydrogen-bond acceptors (Lipinski definition) is 2. The Morgan fingerprint density at radius 3 is 2.09 bits per heavy atom. The van der Waals surface area contributed by atoms with E-state index in [1.165, 1.54) is 12.1 Å². The Kier molecular flexibility index (Phi) is 12.3. The van der Waals surface area contributed by atoms with Crippen molar-refractivity contribution in [2.75, 3.05) is 5.73 Å². The molecule has 2 N–H and O–H groups in total. The zero-order valence-corrected chi connectivity index (χ0v) is 16.5. The van der Waals surface area contributed by atoms with Crippen LogP contribution in [0.5, 0.6) is 0 Å². The number of hydrogen-bond donors (Lipinski definition) is 1. The molecule has 1 rings (SSSR count). The molecule has 0 aliphatic heterocycles. The van der Waals surface area contributed by atoms with Crippen LogP contribution in [0.4, 0.5) is 5.69 Å². The Hall–Kier alpha value is 2.12. The molecule has 0 atom stereocenters. The third-order valence-corrected chi connectivity index (χ3v) is 0.895. The molecule has 0 radical (unpaired) electrons. The number of rotatable bonds is 0. The number of nitrogen functional groups attached to an aromatic ring is 1.